The van der Waals surface area contributed by atoms with Gasteiger partial charge in [-0.05, 0) is 24.6 Å². The molecule has 1 heterocycles. The van der Waals surface area contributed by atoms with Gasteiger partial charge in [-0.25, -0.2) is 8.42 Å². The number of nitriles is 1. The summed E-state index contributed by atoms with van der Waals surface area (Å²) in [5, 5.41) is 11.8. The molecule has 1 fully saturated rings. The summed E-state index contributed by atoms with van der Waals surface area (Å²) in [4.78, 5) is 0.294. The van der Waals surface area contributed by atoms with E-state index in [0.29, 0.717) is 31.0 Å². The van der Waals surface area contributed by atoms with Gasteiger partial charge in [0.25, 0.3) is 0 Å². The molecule has 0 radical (unpaired) electrons. The fraction of sp³-hybridized carbons (Fsp3) is 0.462. The maximum Gasteiger partial charge on any atom is 0.243 e. The third kappa shape index (κ3) is 2.95. The Bertz CT molecular complexity index is 575. The van der Waals surface area contributed by atoms with Gasteiger partial charge >= 0.3 is 0 Å². The van der Waals surface area contributed by atoms with Crippen LogP contribution < -0.4 is 5.32 Å². The molecule has 0 amide bonds. The molecule has 19 heavy (non-hydrogen) atoms. The summed E-state index contributed by atoms with van der Waals surface area (Å²) < 4.78 is 26.5. The lowest BCUT2D eigenvalue weighted by molar-refractivity contribution is 0.284. The van der Waals surface area contributed by atoms with Crippen LogP contribution in [0.1, 0.15) is 12.5 Å². The number of rotatable bonds is 3. The molecule has 1 atom stereocenters. The van der Waals surface area contributed by atoms with E-state index >= 15 is 0 Å². The highest BCUT2D eigenvalue weighted by molar-refractivity contribution is 7.89. The first kappa shape index (κ1) is 14.0. The Morgan fingerprint density at radius 1 is 1.42 bits per heavy atom. The topological polar surface area (TPSA) is 73.2 Å². The molecule has 102 valence electrons. The quantitative estimate of drug-likeness (QED) is 0.885. The lowest BCUT2D eigenvalue weighted by atomic mass is 10.2. The molecule has 0 spiro atoms. The van der Waals surface area contributed by atoms with Crippen molar-refractivity contribution in [2.24, 2.45) is 0 Å². The van der Waals surface area contributed by atoms with Crippen molar-refractivity contribution in [1.82, 2.24) is 9.62 Å². The first-order valence-electron chi connectivity index (χ1n) is 6.24. The minimum absolute atomic E-state index is 0.0439. The summed E-state index contributed by atoms with van der Waals surface area (Å²) in [6.07, 6.45) is 0.296. The van der Waals surface area contributed by atoms with Crippen molar-refractivity contribution in [3.63, 3.8) is 0 Å². The van der Waals surface area contributed by atoms with E-state index in [0.717, 1.165) is 5.56 Å². The van der Waals surface area contributed by atoms with E-state index in [1.54, 1.807) is 24.3 Å². The van der Waals surface area contributed by atoms with Crippen molar-refractivity contribution in [3.05, 3.63) is 29.8 Å². The van der Waals surface area contributed by atoms with Crippen LogP contribution in [-0.2, 0) is 16.4 Å². The van der Waals surface area contributed by atoms with Crippen molar-refractivity contribution >= 4 is 10.0 Å². The van der Waals surface area contributed by atoms with Crippen molar-refractivity contribution in [1.29, 1.82) is 5.26 Å². The maximum atomic E-state index is 12.5. The van der Waals surface area contributed by atoms with Crippen molar-refractivity contribution in [2.45, 2.75) is 24.3 Å². The van der Waals surface area contributed by atoms with Crippen LogP contribution in [0.3, 0.4) is 0 Å². The monoisotopic (exact) mass is 279 g/mol. The van der Waals surface area contributed by atoms with E-state index in [-0.39, 0.29) is 6.04 Å². The first-order valence-corrected chi connectivity index (χ1v) is 7.68. The Kier molecular flexibility index (Phi) is 4.20. The number of piperazine rings is 1. The van der Waals surface area contributed by atoms with Crippen LogP contribution in [0.5, 0.6) is 0 Å². The zero-order valence-corrected chi connectivity index (χ0v) is 11.7. The minimum Gasteiger partial charge on any atom is -0.314 e. The van der Waals surface area contributed by atoms with E-state index < -0.39 is 10.0 Å². The van der Waals surface area contributed by atoms with Crippen LogP contribution >= 0.6 is 0 Å². The van der Waals surface area contributed by atoms with Crippen molar-refractivity contribution < 1.29 is 8.42 Å². The molecule has 1 aromatic carbocycles. The Labute approximate surface area is 113 Å². The molecule has 0 saturated carbocycles. The van der Waals surface area contributed by atoms with Crippen LogP contribution in [-0.4, -0.2) is 38.4 Å². The van der Waals surface area contributed by atoms with Crippen molar-refractivity contribution in [3.8, 4) is 6.07 Å². The van der Waals surface area contributed by atoms with Crippen LogP contribution in [0.15, 0.2) is 29.2 Å². The third-order valence-electron chi connectivity index (χ3n) is 3.25. The smallest absolute Gasteiger partial charge is 0.243 e. The maximum absolute atomic E-state index is 12.5. The molecule has 2 rings (SSSR count). The Morgan fingerprint density at radius 3 is 2.68 bits per heavy atom. The van der Waals surface area contributed by atoms with E-state index in [2.05, 4.69) is 5.32 Å². The second kappa shape index (κ2) is 5.70. The average Bonchev–Trinajstić information content (AvgIpc) is 2.40. The van der Waals surface area contributed by atoms with Gasteiger partial charge in [0.15, 0.2) is 0 Å². The highest BCUT2D eigenvalue weighted by Gasteiger charge is 2.30. The molecule has 1 saturated heterocycles. The third-order valence-corrected chi connectivity index (χ3v) is 5.28. The van der Waals surface area contributed by atoms with Crippen LogP contribution in [0.25, 0.3) is 0 Å². The van der Waals surface area contributed by atoms with Gasteiger partial charge in [-0.1, -0.05) is 12.1 Å². The predicted molar refractivity (Wildman–Crippen MR) is 72.0 cm³/mol. The first-order chi connectivity index (χ1) is 9.05. The Balaban J connectivity index is 2.26. The molecular formula is C13H17N3O2S. The summed E-state index contributed by atoms with van der Waals surface area (Å²) in [5.41, 5.74) is 0.829. The van der Waals surface area contributed by atoms with Gasteiger partial charge in [0.05, 0.1) is 17.4 Å². The fourth-order valence-corrected chi connectivity index (χ4v) is 3.82. The number of nitrogens with one attached hydrogen (secondary N) is 1. The van der Waals surface area contributed by atoms with Crippen molar-refractivity contribution in [2.75, 3.05) is 19.6 Å². The van der Waals surface area contributed by atoms with Gasteiger partial charge in [0, 0.05) is 25.7 Å². The van der Waals surface area contributed by atoms with Gasteiger partial charge in [-0.3, -0.25) is 0 Å². The van der Waals surface area contributed by atoms with Gasteiger partial charge in [0.1, 0.15) is 0 Å². The van der Waals surface area contributed by atoms with E-state index in [4.69, 9.17) is 5.26 Å². The fourth-order valence-electron chi connectivity index (χ4n) is 2.19. The highest BCUT2D eigenvalue weighted by atomic mass is 32.2. The van der Waals surface area contributed by atoms with Gasteiger partial charge in [-0.15, -0.1) is 0 Å². The lowest BCUT2D eigenvalue weighted by Gasteiger charge is -2.32. The molecule has 5 nitrogen and oxygen atoms in total. The largest absolute Gasteiger partial charge is 0.314 e. The number of hydrogen-bond donors (Lipinski definition) is 1. The zero-order chi connectivity index (χ0) is 13.9. The summed E-state index contributed by atoms with van der Waals surface area (Å²) in [5.74, 6) is 0. The molecule has 6 heteroatoms. The second-order valence-corrected chi connectivity index (χ2v) is 6.54. The van der Waals surface area contributed by atoms with Gasteiger partial charge < -0.3 is 5.32 Å². The number of benzene rings is 1. The molecule has 0 aliphatic carbocycles. The van der Waals surface area contributed by atoms with E-state index in [9.17, 15) is 8.42 Å². The molecule has 1 aromatic rings. The zero-order valence-electron chi connectivity index (χ0n) is 10.8. The van der Waals surface area contributed by atoms with E-state index in [1.807, 2.05) is 13.0 Å². The predicted octanol–water partition coefficient (Wildman–Crippen LogP) is 0.735. The summed E-state index contributed by atoms with van der Waals surface area (Å²) in [6, 6.07) is 8.56. The van der Waals surface area contributed by atoms with E-state index in [1.165, 1.54) is 4.31 Å². The molecule has 1 aliphatic heterocycles. The van der Waals surface area contributed by atoms with Gasteiger partial charge in [-0.2, -0.15) is 9.57 Å². The number of hydrogen-bond acceptors (Lipinski definition) is 4. The van der Waals surface area contributed by atoms with Gasteiger partial charge in [0.2, 0.25) is 10.0 Å². The highest BCUT2D eigenvalue weighted by Crippen LogP contribution is 2.19. The number of nitrogens with zero attached hydrogens (tertiary/aromatic N) is 2. The summed E-state index contributed by atoms with van der Waals surface area (Å²) in [7, 11) is -3.43. The Morgan fingerprint density at radius 2 is 2.11 bits per heavy atom. The minimum atomic E-state index is -3.43. The summed E-state index contributed by atoms with van der Waals surface area (Å²) >= 11 is 0. The average molecular weight is 279 g/mol. The standard InChI is InChI=1S/C13H17N3O2S/c1-11-10-15-8-9-16(11)19(17,18)13-4-2-12(3-5-13)6-7-14/h2-5,11,15H,6,8-10H2,1H3. The number of sulfonamides is 1. The second-order valence-electron chi connectivity index (χ2n) is 4.65. The SMILES string of the molecule is CC1CNCCN1S(=O)(=O)c1ccc(CC#N)cc1. The van der Waals surface area contributed by atoms with Crippen LogP contribution in [0, 0.1) is 11.3 Å². The van der Waals surface area contributed by atoms with Crippen LogP contribution in [0.2, 0.25) is 0 Å². The lowest BCUT2D eigenvalue weighted by Crippen LogP contribution is -2.52. The van der Waals surface area contributed by atoms with Crippen LogP contribution in [0.4, 0.5) is 0 Å². The molecule has 1 unspecified atom stereocenters. The summed E-state index contributed by atoms with van der Waals surface area (Å²) in [6.45, 7) is 3.74. The molecule has 0 aromatic heterocycles. The molecule has 0 bridgehead atoms. The Hall–Kier alpha value is -1.42. The molecular weight excluding hydrogens is 262 g/mol. The molecule has 1 aliphatic rings. The molecule has 1 N–H and O–H groups in total. The normalized spacial score (nSPS) is 20.9.